The zero-order chi connectivity index (χ0) is 9.90. The van der Waals surface area contributed by atoms with Gasteiger partial charge in [-0.25, -0.2) is 0 Å². The highest BCUT2D eigenvalue weighted by Gasteiger charge is 2.39. The highest BCUT2D eigenvalue weighted by atomic mass is 16.5. The molecule has 76 valence electrons. The summed E-state index contributed by atoms with van der Waals surface area (Å²) in [6, 6.07) is 0. The van der Waals surface area contributed by atoms with Crippen molar-refractivity contribution in [2.24, 2.45) is 11.3 Å². The first kappa shape index (κ1) is 10.5. The summed E-state index contributed by atoms with van der Waals surface area (Å²) in [5, 5.41) is 9.26. The number of aliphatic hydroxyl groups is 1. The van der Waals surface area contributed by atoms with E-state index in [1.807, 2.05) is 6.92 Å². The van der Waals surface area contributed by atoms with Crippen molar-refractivity contribution < 1.29 is 14.6 Å². The normalized spacial score (nSPS) is 21.8. The molecular formula is C10H18O3. The standard InChI is InChI=1S/C10H18O3/c1-10(7-11,6-9(12)13-2)8-4-3-5-8/h8,11H,3-7H2,1-2H3. The second kappa shape index (κ2) is 4.09. The maximum Gasteiger partial charge on any atom is 0.306 e. The van der Waals surface area contributed by atoms with Gasteiger partial charge in [0.25, 0.3) is 0 Å². The molecule has 13 heavy (non-hydrogen) atoms. The fourth-order valence-electron chi connectivity index (χ4n) is 1.84. The number of rotatable bonds is 4. The molecule has 0 heterocycles. The highest BCUT2D eigenvalue weighted by molar-refractivity contribution is 5.70. The molecule has 0 aromatic rings. The molecule has 1 atom stereocenters. The van der Waals surface area contributed by atoms with Gasteiger partial charge in [-0.1, -0.05) is 13.3 Å². The van der Waals surface area contributed by atoms with Crippen LogP contribution in [0.15, 0.2) is 0 Å². The Labute approximate surface area is 79.1 Å². The lowest BCUT2D eigenvalue weighted by Gasteiger charge is -2.41. The van der Waals surface area contributed by atoms with E-state index in [0.29, 0.717) is 12.3 Å². The van der Waals surface area contributed by atoms with Gasteiger partial charge >= 0.3 is 5.97 Å². The lowest BCUT2D eigenvalue weighted by molar-refractivity contribution is -0.146. The number of ether oxygens (including phenoxy) is 1. The van der Waals surface area contributed by atoms with Crippen LogP contribution >= 0.6 is 0 Å². The third-order valence-electron chi connectivity index (χ3n) is 3.23. The Morgan fingerprint density at radius 3 is 2.54 bits per heavy atom. The Morgan fingerprint density at radius 2 is 2.23 bits per heavy atom. The lowest BCUT2D eigenvalue weighted by atomic mass is 9.65. The first-order chi connectivity index (χ1) is 6.12. The van der Waals surface area contributed by atoms with Crippen molar-refractivity contribution >= 4 is 5.97 Å². The van der Waals surface area contributed by atoms with E-state index < -0.39 is 0 Å². The molecule has 3 nitrogen and oxygen atoms in total. The molecule has 3 heteroatoms. The van der Waals surface area contributed by atoms with Gasteiger partial charge in [-0.3, -0.25) is 4.79 Å². The molecule has 0 aliphatic heterocycles. The molecule has 0 aromatic carbocycles. The van der Waals surface area contributed by atoms with Crippen molar-refractivity contribution in [1.29, 1.82) is 0 Å². The molecule has 0 saturated heterocycles. The number of hydrogen-bond acceptors (Lipinski definition) is 3. The number of hydrogen-bond donors (Lipinski definition) is 1. The highest BCUT2D eigenvalue weighted by Crippen LogP contribution is 2.43. The molecule has 0 amide bonds. The van der Waals surface area contributed by atoms with Gasteiger partial charge in [-0.05, 0) is 18.8 Å². The van der Waals surface area contributed by atoms with Crippen molar-refractivity contribution in [3.8, 4) is 0 Å². The minimum atomic E-state index is -0.259. The van der Waals surface area contributed by atoms with Crippen LogP contribution in [0.3, 0.4) is 0 Å². The third kappa shape index (κ3) is 2.21. The summed E-state index contributed by atoms with van der Waals surface area (Å²) in [7, 11) is 1.39. The Balaban J connectivity index is 2.52. The van der Waals surface area contributed by atoms with Gasteiger partial charge in [0.2, 0.25) is 0 Å². The van der Waals surface area contributed by atoms with E-state index in [4.69, 9.17) is 0 Å². The zero-order valence-electron chi connectivity index (χ0n) is 8.38. The maximum absolute atomic E-state index is 11.1. The van der Waals surface area contributed by atoms with Gasteiger partial charge in [0.15, 0.2) is 0 Å². The van der Waals surface area contributed by atoms with Crippen LogP contribution in [0, 0.1) is 11.3 Å². The molecule has 1 rings (SSSR count). The summed E-state index contributed by atoms with van der Waals surface area (Å²) < 4.78 is 4.62. The van der Waals surface area contributed by atoms with Crippen LogP contribution in [0.5, 0.6) is 0 Å². The topological polar surface area (TPSA) is 46.5 Å². The van der Waals surface area contributed by atoms with Gasteiger partial charge in [0.1, 0.15) is 0 Å². The molecule has 0 radical (unpaired) electrons. The first-order valence-corrected chi connectivity index (χ1v) is 4.80. The molecule has 0 aromatic heterocycles. The lowest BCUT2D eigenvalue weighted by Crippen LogP contribution is -2.37. The van der Waals surface area contributed by atoms with Crippen LogP contribution in [0.1, 0.15) is 32.6 Å². The predicted octanol–water partition coefficient (Wildman–Crippen LogP) is 1.35. The Kier molecular flexibility index (Phi) is 3.31. The summed E-state index contributed by atoms with van der Waals surface area (Å²) in [6.45, 7) is 2.04. The molecule has 0 spiro atoms. The Morgan fingerprint density at radius 1 is 1.62 bits per heavy atom. The third-order valence-corrected chi connectivity index (χ3v) is 3.23. The molecule has 1 N–H and O–H groups in total. The van der Waals surface area contributed by atoms with Crippen molar-refractivity contribution in [1.82, 2.24) is 0 Å². The maximum atomic E-state index is 11.1. The average Bonchev–Trinajstić information content (AvgIpc) is 2.00. The first-order valence-electron chi connectivity index (χ1n) is 4.80. The van der Waals surface area contributed by atoms with Crippen LogP contribution in [0.25, 0.3) is 0 Å². The molecule has 1 fully saturated rings. The zero-order valence-corrected chi connectivity index (χ0v) is 8.38. The largest absolute Gasteiger partial charge is 0.469 e. The quantitative estimate of drug-likeness (QED) is 0.674. The predicted molar refractivity (Wildman–Crippen MR) is 49.2 cm³/mol. The van der Waals surface area contributed by atoms with E-state index >= 15 is 0 Å². The van der Waals surface area contributed by atoms with Gasteiger partial charge in [-0.2, -0.15) is 0 Å². The van der Waals surface area contributed by atoms with Crippen LogP contribution in [0.4, 0.5) is 0 Å². The van der Waals surface area contributed by atoms with Gasteiger partial charge in [0.05, 0.1) is 13.5 Å². The molecule has 1 aliphatic rings. The average molecular weight is 186 g/mol. The number of aliphatic hydroxyl groups excluding tert-OH is 1. The fourth-order valence-corrected chi connectivity index (χ4v) is 1.84. The van der Waals surface area contributed by atoms with Crippen molar-refractivity contribution in [3.63, 3.8) is 0 Å². The molecular weight excluding hydrogens is 168 g/mol. The van der Waals surface area contributed by atoms with E-state index in [0.717, 1.165) is 12.8 Å². The van der Waals surface area contributed by atoms with E-state index in [2.05, 4.69) is 4.74 Å². The van der Waals surface area contributed by atoms with Crippen molar-refractivity contribution in [2.45, 2.75) is 32.6 Å². The molecule has 1 saturated carbocycles. The molecule has 1 aliphatic carbocycles. The monoisotopic (exact) mass is 186 g/mol. The summed E-state index contributed by atoms with van der Waals surface area (Å²) >= 11 is 0. The van der Waals surface area contributed by atoms with E-state index in [-0.39, 0.29) is 18.0 Å². The number of methoxy groups -OCH3 is 1. The SMILES string of the molecule is COC(=O)CC(C)(CO)C1CCC1. The van der Waals surface area contributed by atoms with E-state index in [9.17, 15) is 9.90 Å². The van der Waals surface area contributed by atoms with E-state index in [1.165, 1.54) is 13.5 Å². The van der Waals surface area contributed by atoms with Crippen LogP contribution < -0.4 is 0 Å². The smallest absolute Gasteiger partial charge is 0.306 e. The molecule has 0 bridgehead atoms. The Bertz CT molecular complexity index is 187. The minimum absolute atomic E-state index is 0.0762. The summed E-state index contributed by atoms with van der Waals surface area (Å²) in [5.41, 5.74) is -0.259. The van der Waals surface area contributed by atoms with Crippen molar-refractivity contribution in [3.05, 3.63) is 0 Å². The van der Waals surface area contributed by atoms with Crippen LogP contribution in [-0.4, -0.2) is 24.8 Å². The second-order valence-corrected chi connectivity index (χ2v) is 4.19. The number of esters is 1. The summed E-state index contributed by atoms with van der Waals surface area (Å²) in [6.07, 6.45) is 3.83. The summed E-state index contributed by atoms with van der Waals surface area (Å²) in [5.74, 6) is 0.278. The van der Waals surface area contributed by atoms with Crippen LogP contribution in [0.2, 0.25) is 0 Å². The second-order valence-electron chi connectivity index (χ2n) is 4.19. The molecule has 1 unspecified atom stereocenters. The summed E-state index contributed by atoms with van der Waals surface area (Å²) in [4.78, 5) is 11.1. The Hall–Kier alpha value is -0.570. The van der Waals surface area contributed by atoms with Crippen LogP contribution in [-0.2, 0) is 9.53 Å². The van der Waals surface area contributed by atoms with Gasteiger partial charge in [0, 0.05) is 12.0 Å². The fraction of sp³-hybridized carbons (Fsp3) is 0.900. The van der Waals surface area contributed by atoms with Gasteiger partial charge < -0.3 is 9.84 Å². The van der Waals surface area contributed by atoms with Crippen molar-refractivity contribution in [2.75, 3.05) is 13.7 Å². The van der Waals surface area contributed by atoms with Gasteiger partial charge in [-0.15, -0.1) is 0 Å². The number of carbonyl (C=O) groups excluding carboxylic acids is 1. The van der Waals surface area contributed by atoms with E-state index in [1.54, 1.807) is 0 Å². The number of carbonyl (C=O) groups is 1. The minimum Gasteiger partial charge on any atom is -0.469 e.